The van der Waals surface area contributed by atoms with Gasteiger partial charge in [0, 0.05) is 66.6 Å². The number of aliphatic imine (C=N–C) groups is 1. The number of halogens is 1. The molecule has 1 aromatic rings. The lowest BCUT2D eigenvalue weighted by Crippen LogP contribution is -2.46. The molecule has 172 valence electrons. The Morgan fingerprint density at radius 1 is 1.23 bits per heavy atom. The van der Waals surface area contributed by atoms with Gasteiger partial charge < -0.3 is 20.1 Å². The van der Waals surface area contributed by atoms with Crippen molar-refractivity contribution in [3.8, 4) is 11.5 Å². The van der Waals surface area contributed by atoms with Crippen molar-refractivity contribution in [3.63, 3.8) is 0 Å². The van der Waals surface area contributed by atoms with Crippen LogP contribution in [0.2, 0.25) is 0 Å². The van der Waals surface area contributed by atoms with Gasteiger partial charge in [-0.25, -0.2) is 0 Å². The molecule has 30 heavy (non-hydrogen) atoms. The summed E-state index contributed by atoms with van der Waals surface area (Å²) >= 11 is 0. The summed E-state index contributed by atoms with van der Waals surface area (Å²) in [4.78, 5) is 6.72. The van der Waals surface area contributed by atoms with Gasteiger partial charge in [0.1, 0.15) is 11.5 Å². The molecular formula is C21H37IN4O3S. The predicted octanol–water partition coefficient (Wildman–Crippen LogP) is 2.61. The number of methoxy groups -OCH3 is 2. The van der Waals surface area contributed by atoms with Crippen molar-refractivity contribution < 1.29 is 13.7 Å². The molecule has 1 saturated heterocycles. The number of likely N-dealkylation sites (tertiary alicyclic amines) is 1. The number of hydrogen-bond donors (Lipinski definition) is 2. The monoisotopic (exact) mass is 552 g/mol. The molecule has 0 radical (unpaired) electrons. The minimum atomic E-state index is -0.868. The molecule has 1 aromatic carbocycles. The minimum Gasteiger partial charge on any atom is -0.497 e. The second-order valence-electron chi connectivity index (χ2n) is 8.25. The quantitative estimate of drug-likeness (QED) is 0.294. The average Bonchev–Trinajstić information content (AvgIpc) is 3.12. The zero-order valence-electron chi connectivity index (χ0n) is 19.0. The van der Waals surface area contributed by atoms with Gasteiger partial charge in [0.2, 0.25) is 0 Å². The van der Waals surface area contributed by atoms with Crippen LogP contribution < -0.4 is 20.1 Å². The first kappa shape index (κ1) is 27.0. The Morgan fingerprint density at radius 3 is 2.40 bits per heavy atom. The molecule has 0 aliphatic carbocycles. The lowest BCUT2D eigenvalue weighted by molar-refractivity contribution is 0.321. The highest BCUT2D eigenvalue weighted by atomic mass is 127. The van der Waals surface area contributed by atoms with Crippen molar-refractivity contribution in [3.05, 3.63) is 23.8 Å². The predicted molar refractivity (Wildman–Crippen MR) is 136 cm³/mol. The summed E-state index contributed by atoms with van der Waals surface area (Å²) in [6.45, 7) is 9.45. The normalized spacial score (nSPS) is 18.5. The summed E-state index contributed by atoms with van der Waals surface area (Å²) in [5, 5.41) is 6.78. The van der Waals surface area contributed by atoms with Gasteiger partial charge in [-0.2, -0.15) is 0 Å². The molecule has 0 aromatic heterocycles. The van der Waals surface area contributed by atoms with E-state index in [4.69, 9.17) is 9.47 Å². The van der Waals surface area contributed by atoms with Crippen LogP contribution in [-0.2, 0) is 17.3 Å². The van der Waals surface area contributed by atoms with E-state index >= 15 is 0 Å². The van der Waals surface area contributed by atoms with Gasteiger partial charge >= 0.3 is 0 Å². The summed E-state index contributed by atoms with van der Waals surface area (Å²) < 4.78 is 22.7. The van der Waals surface area contributed by atoms with E-state index in [9.17, 15) is 4.21 Å². The average molecular weight is 553 g/mol. The molecule has 1 fully saturated rings. The molecule has 0 spiro atoms. The summed E-state index contributed by atoms with van der Waals surface area (Å²) in [6.07, 6.45) is 1.05. The largest absolute Gasteiger partial charge is 0.497 e. The first-order valence-corrected chi connectivity index (χ1v) is 11.4. The van der Waals surface area contributed by atoms with Gasteiger partial charge in [-0.15, -0.1) is 24.0 Å². The van der Waals surface area contributed by atoms with Crippen LogP contribution in [0.5, 0.6) is 11.5 Å². The van der Waals surface area contributed by atoms with Crippen LogP contribution in [0.4, 0.5) is 0 Å². The second-order valence-corrected chi connectivity index (χ2v) is 10.6. The lowest BCUT2D eigenvalue weighted by atomic mass is 10.2. The van der Waals surface area contributed by atoms with E-state index in [0.717, 1.165) is 43.5 Å². The van der Waals surface area contributed by atoms with Crippen LogP contribution in [0.1, 0.15) is 32.8 Å². The van der Waals surface area contributed by atoms with Crippen LogP contribution in [0.25, 0.3) is 0 Å². The van der Waals surface area contributed by atoms with E-state index in [2.05, 4.69) is 32.7 Å². The van der Waals surface area contributed by atoms with Crippen molar-refractivity contribution in [1.82, 2.24) is 15.5 Å². The first-order valence-electron chi connectivity index (χ1n) is 10.0. The summed E-state index contributed by atoms with van der Waals surface area (Å²) in [5.74, 6) is 3.00. The zero-order valence-corrected chi connectivity index (χ0v) is 22.1. The van der Waals surface area contributed by atoms with E-state index in [1.807, 2.05) is 26.8 Å². The maximum Gasteiger partial charge on any atom is 0.191 e. The maximum atomic E-state index is 12.2. The number of benzene rings is 1. The number of hydrogen-bond acceptors (Lipinski definition) is 5. The Morgan fingerprint density at radius 2 is 1.87 bits per heavy atom. The van der Waals surface area contributed by atoms with E-state index in [0.29, 0.717) is 18.3 Å². The van der Waals surface area contributed by atoms with Crippen molar-refractivity contribution in [2.24, 2.45) is 4.99 Å². The Labute approximate surface area is 200 Å². The fourth-order valence-electron chi connectivity index (χ4n) is 3.27. The van der Waals surface area contributed by atoms with E-state index < -0.39 is 10.8 Å². The van der Waals surface area contributed by atoms with Gasteiger partial charge in [0.15, 0.2) is 5.96 Å². The third kappa shape index (κ3) is 8.58. The van der Waals surface area contributed by atoms with Crippen molar-refractivity contribution in [2.75, 3.05) is 46.7 Å². The molecule has 2 unspecified atom stereocenters. The Balaban J connectivity index is 0.00000450. The molecule has 0 saturated carbocycles. The van der Waals surface area contributed by atoms with Gasteiger partial charge in [0.05, 0.1) is 14.2 Å². The third-order valence-corrected chi connectivity index (χ3v) is 6.86. The first-order chi connectivity index (χ1) is 13.7. The topological polar surface area (TPSA) is 75.2 Å². The molecule has 2 rings (SSSR count). The number of nitrogens with zero attached hydrogens (tertiary/aromatic N) is 2. The molecule has 2 atom stereocenters. The summed E-state index contributed by atoms with van der Waals surface area (Å²) in [5.41, 5.74) is 1.18. The fourth-order valence-corrected chi connectivity index (χ4v) is 4.17. The van der Waals surface area contributed by atoms with Gasteiger partial charge in [0.25, 0.3) is 0 Å². The van der Waals surface area contributed by atoms with E-state index in [1.165, 1.54) is 5.56 Å². The highest BCUT2D eigenvalue weighted by molar-refractivity contribution is 14.0. The van der Waals surface area contributed by atoms with Crippen LogP contribution >= 0.6 is 24.0 Å². The molecular weight excluding hydrogens is 515 g/mol. The highest BCUT2D eigenvalue weighted by Gasteiger charge is 2.24. The molecule has 9 heteroatoms. The van der Waals surface area contributed by atoms with Crippen molar-refractivity contribution >= 4 is 40.7 Å². The Kier molecular flexibility index (Phi) is 11.4. The van der Waals surface area contributed by atoms with Crippen LogP contribution in [0.3, 0.4) is 0 Å². The van der Waals surface area contributed by atoms with Gasteiger partial charge in [-0.05, 0) is 44.9 Å². The Bertz CT molecular complexity index is 702. The molecule has 0 bridgehead atoms. The smallest absolute Gasteiger partial charge is 0.191 e. The molecule has 0 amide bonds. The van der Waals surface area contributed by atoms with E-state index in [1.54, 1.807) is 21.3 Å². The molecule has 1 heterocycles. The minimum absolute atomic E-state index is 0. The van der Waals surface area contributed by atoms with Crippen LogP contribution in [0, 0.1) is 0 Å². The third-order valence-electron chi connectivity index (χ3n) is 4.92. The molecule has 2 N–H and O–H groups in total. The lowest BCUT2D eigenvalue weighted by Gasteiger charge is -2.21. The standard InChI is InChI=1S/C21H36N4O3S.HI/c1-21(2,3)29(26)10-8-23-20(22-4)24-17-7-9-25(15-17)14-16-11-18(27-5)13-19(12-16)28-6;/h11-13,17H,7-10,14-15H2,1-6H3,(H2,22,23,24);1H. The molecule has 1 aliphatic heterocycles. The van der Waals surface area contributed by atoms with Crippen molar-refractivity contribution in [1.29, 1.82) is 0 Å². The summed E-state index contributed by atoms with van der Waals surface area (Å²) in [7, 11) is 4.24. The maximum absolute atomic E-state index is 12.2. The molecule has 7 nitrogen and oxygen atoms in total. The second kappa shape index (κ2) is 12.7. The number of ether oxygens (including phenoxy) is 2. The van der Waals surface area contributed by atoms with Crippen molar-refractivity contribution in [2.45, 2.75) is 44.5 Å². The van der Waals surface area contributed by atoms with Crippen LogP contribution in [0.15, 0.2) is 23.2 Å². The zero-order chi connectivity index (χ0) is 21.4. The van der Waals surface area contributed by atoms with Gasteiger partial charge in [-0.3, -0.25) is 14.1 Å². The summed E-state index contributed by atoms with van der Waals surface area (Å²) in [6, 6.07) is 6.33. The van der Waals surface area contributed by atoms with Crippen LogP contribution in [-0.4, -0.2) is 72.5 Å². The SMILES string of the molecule is CN=C(NCCS(=O)C(C)(C)C)NC1CCN(Cc2cc(OC)cc(OC)c2)C1.I. The highest BCUT2D eigenvalue weighted by Crippen LogP contribution is 2.24. The number of nitrogens with one attached hydrogen (secondary N) is 2. The van der Waals surface area contributed by atoms with E-state index in [-0.39, 0.29) is 28.7 Å². The van der Waals surface area contributed by atoms with Gasteiger partial charge in [-0.1, -0.05) is 0 Å². The fraction of sp³-hybridized carbons (Fsp3) is 0.667. The number of guanidine groups is 1. The Hall–Kier alpha value is -1.07. The number of rotatable bonds is 8. The molecule has 1 aliphatic rings.